The van der Waals surface area contributed by atoms with Crippen LogP contribution in [0.1, 0.15) is 17.2 Å². The second-order valence-electron chi connectivity index (χ2n) is 6.38. The number of rotatable bonds is 7. The fourth-order valence-electron chi connectivity index (χ4n) is 2.97. The molecule has 0 saturated carbocycles. The lowest BCUT2D eigenvalue weighted by Crippen LogP contribution is -2.30. The van der Waals surface area contributed by atoms with E-state index in [1.165, 1.54) is 6.07 Å². The van der Waals surface area contributed by atoms with Gasteiger partial charge in [0.1, 0.15) is 0 Å². The second-order valence-corrected chi connectivity index (χ2v) is 8.08. The Morgan fingerprint density at radius 2 is 1.76 bits per heavy atom. The molecule has 0 amide bonds. The monoisotopic (exact) mass is 420 g/mol. The van der Waals surface area contributed by atoms with Crippen LogP contribution in [0.3, 0.4) is 0 Å². The van der Waals surface area contributed by atoms with Gasteiger partial charge in [-0.2, -0.15) is 0 Å². The number of nitro groups is 1. The number of hydrogen-bond donors (Lipinski definition) is 5. The first-order chi connectivity index (χ1) is 13.6. The predicted molar refractivity (Wildman–Crippen MR) is 105 cm³/mol. The number of benzene rings is 2. The molecule has 11 nitrogen and oxygen atoms in total. The smallest absolute Gasteiger partial charge is 0.324 e. The maximum Gasteiger partial charge on any atom is 0.327 e. The highest BCUT2D eigenvalue weighted by Gasteiger charge is 2.23. The van der Waals surface area contributed by atoms with Gasteiger partial charge in [-0.15, -0.1) is 0 Å². The molecule has 0 aliphatic heterocycles. The van der Waals surface area contributed by atoms with Gasteiger partial charge in [-0.25, -0.2) is 0 Å². The largest absolute Gasteiger partial charge is 0.327 e. The van der Waals surface area contributed by atoms with Crippen LogP contribution in [0.2, 0.25) is 0 Å². The third-order valence-electron chi connectivity index (χ3n) is 4.27. The maximum atomic E-state index is 11.7. The molecule has 2 aromatic carbocycles. The Bertz CT molecular complexity index is 1220. The lowest BCUT2D eigenvalue weighted by Gasteiger charge is -2.20. The highest BCUT2D eigenvalue weighted by molar-refractivity contribution is 7.51. The molecular weight excluding hydrogens is 403 g/mol. The van der Waals surface area contributed by atoms with Gasteiger partial charge in [0.05, 0.1) is 22.1 Å². The molecule has 29 heavy (non-hydrogen) atoms. The van der Waals surface area contributed by atoms with Crippen molar-refractivity contribution in [2.24, 2.45) is 0 Å². The Kier molecular flexibility index (Phi) is 5.76. The van der Waals surface area contributed by atoms with Gasteiger partial charge in [-0.05, 0) is 11.1 Å². The lowest BCUT2D eigenvalue weighted by molar-refractivity contribution is -0.384. The Balaban J connectivity index is 2.02. The van der Waals surface area contributed by atoms with Gasteiger partial charge >= 0.3 is 18.7 Å². The van der Waals surface area contributed by atoms with Crippen molar-refractivity contribution in [3.05, 3.63) is 84.4 Å². The topological polar surface area (TPSA) is 178 Å². The minimum absolute atomic E-state index is 0.0558. The molecule has 1 atom stereocenters. The summed E-state index contributed by atoms with van der Waals surface area (Å²) >= 11 is 0. The highest BCUT2D eigenvalue weighted by atomic mass is 31.2. The summed E-state index contributed by atoms with van der Waals surface area (Å²) in [6.07, 6.45) is -0.489. The first-order valence-electron chi connectivity index (χ1n) is 8.40. The zero-order valence-electron chi connectivity index (χ0n) is 14.9. The van der Waals surface area contributed by atoms with Gasteiger partial charge < -0.3 is 25.1 Å². The molecule has 3 rings (SSSR count). The first kappa shape index (κ1) is 20.6. The van der Waals surface area contributed by atoms with Gasteiger partial charge in [0.2, 0.25) is 0 Å². The average molecular weight is 420 g/mol. The SMILES string of the molecule is O=c1[nH]c2cc([N+](=O)[O-])cc(CNC(CP(=O)(O)O)c3ccccc3)c2[nH]c1=O. The molecule has 0 fully saturated rings. The Morgan fingerprint density at radius 3 is 2.38 bits per heavy atom. The van der Waals surface area contributed by atoms with E-state index in [-0.39, 0.29) is 28.8 Å². The van der Waals surface area contributed by atoms with E-state index >= 15 is 0 Å². The number of fused-ring (bicyclic) bond motifs is 1. The summed E-state index contributed by atoms with van der Waals surface area (Å²) in [4.78, 5) is 57.3. The summed E-state index contributed by atoms with van der Waals surface area (Å²) in [5.74, 6) is 0. The van der Waals surface area contributed by atoms with E-state index in [4.69, 9.17) is 0 Å². The molecule has 0 spiro atoms. The van der Waals surface area contributed by atoms with Crippen LogP contribution < -0.4 is 16.4 Å². The van der Waals surface area contributed by atoms with Gasteiger partial charge in [0, 0.05) is 24.7 Å². The van der Waals surface area contributed by atoms with Crippen molar-refractivity contribution in [1.29, 1.82) is 0 Å². The summed E-state index contributed by atoms with van der Waals surface area (Å²) in [6.45, 7) is -0.0558. The molecule has 0 aliphatic carbocycles. The minimum atomic E-state index is -4.37. The van der Waals surface area contributed by atoms with Crippen LogP contribution in [0.15, 0.2) is 52.1 Å². The van der Waals surface area contributed by atoms with Crippen LogP contribution in [0.4, 0.5) is 5.69 Å². The van der Waals surface area contributed by atoms with E-state index < -0.39 is 35.8 Å². The van der Waals surface area contributed by atoms with E-state index in [9.17, 15) is 34.1 Å². The van der Waals surface area contributed by atoms with Gasteiger partial charge in [-0.3, -0.25) is 24.3 Å². The van der Waals surface area contributed by atoms with E-state index in [2.05, 4.69) is 15.3 Å². The van der Waals surface area contributed by atoms with E-state index in [0.29, 0.717) is 5.56 Å². The van der Waals surface area contributed by atoms with Crippen LogP contribution >= 0.6 is 7.60 Å². The Morgan fingerprint density at radius 1 is 1.10 bits per heavy atom. The Labute approximate surface area is 162 Å². The molecule has 0 bridgehead atoms. The quantitative estimate of drug-likeness (QED) is 0.163. The average Bonchev–Trinajstić information content (AvgIpc) is 2.65. The summed E-state index contributed by atoms with van der Waals surface area (Å²) in [5, 5.41) is 14.2. The molecular formula is C17H17N4O7P. The molecule has 0 radical (unpaired) electrons. The minimum Gasteiger partial charge on any atom is -0.324 e. The number of aromatic amines is 2. The molecule has 0 aliphatic rings. The van der Waals surface area contributed by atoms with Gasteiger partial charge in [0.25, 0.3) is 5.69 Å². The summed E-state index contributed by atoms with van der Waals surface area (Å²) in [7, 11) is -4.37. The number of nitrogens with zero attached hydrogens (tertiary/aromatic N) is 1. The second kappa shape index (κ2) is 8.10. The van der Waals surface area contributed by atoms with Crippen LogP contribution in [-0.4, -0.2) is 30.8 Å². The molecule has 1 aromatic heterocycles. The first-order valence-corrected chi connectivity index (χ1v) is 10.2. The van der Waals surface area contributed by atoms with Crippen LogP contribution in [-0.2, 0) is 11.1 Å². The van der Waals surface area contributed by atoms with Crippen molar-refractivity contribution in [2.75, 3.05) is 6.16 Å². The van der Waals surface area contributed by atoms with E-state index in [1.54, 1.807) is 30.3 Å². The third kappa shape index (κ3) is 5.04. The van der Waals surface area contributed by atoms with Crippen molar-refractivity contribution in [2.45, 2.75) is 12.6 Å². The summed E-state index contributed by atoms with van der Waals surface area (Å²) < 4.78 is 11.5. The molecule has 12 heteroatoms. The fourth-order valence-corrected chi connectivity index (χ4v) is 3.79. The molecule has 1 heterocycles. The summed E-state index contributed by atoms with van der Waals surface area (Å²) in [5.41, 5.74) is -0.990. The molecule has 1 unspecified atom stereocenters. The maximum absolute atomic E-state index is 11.7. The van der Waals surface area contributed by atoms with E-state index in [0.717, 1.165) is 6.07 Å². The van der Waals surface area contributed by atoms with Crippen LogP contribution in [0.25, 0.3) is 11.0 Å². The van der Waals surface area contributed by atoms with Crippen molar-refractivity contribution in [3.63, 3.8) is 0 Å². The number of nitrogens with one attached hydrogen (secondary N) is 3. The van der Waals surface area contributed by atoms with Gasteiger partial charge in [-0.1, -0.05) is 30.3 Å². The van der Waals surface area contributed by atoms with Crippen molar-refractivity contribution >= 4 is 24.3 Å². The Hall–Kier alpha value is -3.11. The van der Waals surface area contributed by atoms with Crippen molar-refractivity contribution in [1.82, 2.24) is 15.3 Å². The standard InChI is InChI=1S/C17H17N4O7P/c22-16-17(23)20-15-11(6-12(21(24)25)7-13(15)19-16)8-18-14(9-29(26,27)28)10-4-2-1-3-5-10/h1-7,14,18H,8-9H2,(H,19,22)(H,20,23)(H2,26,27,28). The lowest BCUT2D eigenvalue weighted by atomic mass is 10.1. The number of aromatic nitrogens is 2. The number of nitro benzene ring substituents is 1. The zero-order chi connectivity index (χ0) is 21.2. The predicted octanol–water partition coefficient (Wildman–Crippen LogP) is 1.13. The number of hydrogen-bond acceptors (Lipinski definition) is 6. The van der Waals surface area contributed by atoms with Crippen LogP contribution in [0.5, 0.6) is 0 Å². The molecule has 152 valence electrons. The zero-order valence-corrected chi connectivity index (χ0v) is 15.8. The normalized spacial score (nSPS) is 12.8. The van der Waals surface area contributed by atoms with E-state index in [1.807, 2.05) is 0 Å². The van der Waals surface area contributed by atoms with Crippen molar-refractivity contribution in [3.8, 4) is 0 Å². The fraction of sp³-hybridized carbons (Fsp3) is 0.176. The van der Waals surface area contributed by atoms with Gasteiger partial charge in [0.15, 0.2) is 0 Å². The van der Waals surface area contributed by atoms with Crippen molar-refractivity contribution < 1.29 is 19.3 Å². The molecule has 3 aromatic rings. The molecule has 0 saturated heterocycles. The highest BCUT2D eigenvalue weighted by Crippen LogP contribution is 2.39. The number of H-pyrrole nitrogens is 2. The number of non-ortho nitro benzene ring substituents is 1. The van der Waals surface area contributed by atoms with Crippen LogP contribution in [0, 0.1) is 10.1 Å². The summed E-state index contributed by atoms with van der Waals surface area (Å²) in [6, 6.07) is 10.2. The third-order valence-corrected chi connectivity index (χ3v) is 5.11. The molecule has 5 N–H and O–H groups in total.